The molecule has 0 atom stereocenters. The maximum atomic E-state index is 12.5. The molecule has 1 heterocycles. The van der Waals surface area contributed by atoms with E-state index in [0.717, 1.165) is 11.4 Å². The number of nitrogens with one attached hydrogen (secondary N) is 2. The Morgan fingerprint density at radius 2 is 1.52 bits per heavy atom. The Balaban J connectivity index is 1.68. The number of carbonyl (C=O) groups is 2. The van der Waals surface area contributed by atoms with Crippen molar-refractivity contribution < 1.29 is 14.3 Å². The van der Waals surface area contributed by atoms with Crippen molar-refractivity contribution in [3.05, 3.63) is 78.1 Å². The molecular formula is C22H22N4O3. The van der Waals surface area contributed by atoms with Gasteiger partial charge in [0.15, 0.2) is 0 Å². The molecule has 2 N–H and O–H groups in total. The van der Waals surface area contributed by atoms with Crippen molar-refractivity contribution in [2.45, 2.75) is 0 Å². The molecule has 1 amide bonds. The van der Waals surface area contributed by atoms with Crippen LogP contribution < -0.4 is 15.5 Å². The van der Waals surface area contributed by atoms with Gasteiger partial charge in [0.25, 0.3) is 5.91 Å². The number of carbonyl (C=O) groups excluding carboxylic acids is 2. The average molecular weight is 390 g/mol. The molecule has 0 aliphatic carbocycles. The van der Waals surface area contributed by atoms with Gasteiger partial charge in [-0.05, 0) is 54.6 Å². The molecule has 0 radical (unpaired) electrons. The first-order chi connectivity index (χ1) is 14.0. The summed E-state index contributed by atoms with van der Waals surface area (Å²) in [5.74, 6) is -0.723. The standard InChI is InChI=1S/C22H22N4O3/c1-26(2)20-10-8-17(9-11-20)24-19-12-16(13-23-14-19)21(27)25-18-6-4-15(5-7-18)22(28)29-3/h4-14,24H,1-3H3,(H,25,27). The third kappa shape index (κ3) is 5.10. The van der Waals surface area contributed by atoms with E-state index in [1.165, 1.54) is 13.3 Å². The SMILES string of the molecule is COC(=O)c1ccc(NC(=O)c2cncc(Nc3ccc(N(C)C)cc3)c2)cc1. The molecule has 0 bridgehead atoms. The number of nitrogens with zero attached hydrogens (tertiary/aromatic N) is 2. The number of hydrogen-bond donors (Lipinski definition) is 2. The van der Waals surface area contributed by atoms with Crippen LogP contribution in [0.4, 0.5) is 22.7 Å². The summed E-state index contributed by atoms with van der Waals surface area (Å²) in [6.07, 6.45) is 3.15. The van der Waals surface area contributed by atoms with Gasteiger partial charge < -0.3 is 20.3 Å². The number of benzene rings is 2. The minimum Gasteiger partial charge on any atom is -0.465 e. The van der Waals surface area contributed by atoms with E-state index in [2.05, 4.69) is 20.4 Å². The Hall–Kier alpha value is -3.87. The fourth-order valence-electron chi connectivity index (χ4n) is 2.65. The summed E-state index contributed by atoms with van der Waals surface area (Å²) in [6, 6.07) is 16.1. The van der Waals surface area contributed by atoms with Gasteiger partial charge in [-0.2, -0.15) is 0 Å². The van der Waals surface area contributed by atoms with E-state index >= 15 is 0 Å². The lowest BCUT2D eigenvalue weighted by atomic mass is 10.2. The highest BCUT2D eigenvalue weighted by atomic mass is 16.5. The number of amides is 1. The first-order valence-electron chi connectivity index (χ1n) is 8.95. The second-order valence-electron chi connectivity index (χ2n) is 6.55. The average Bonchev–Trinajstić information content (AvgIpc) is 2.74. The Morgan fingerprint density at radius 3 is 2.14 bits per heavy atom. The van der Waals surface area contributed by atoms with Crippen LogP contribution in [-0.2, 0) is 4.74 Å². The molecule has 3 rings (SSSR count). The minimum atomic E-state index is -0.426. The molecule has 2 aromatic carbocycles. The van der Waals surface area contributed by atoms with Gasteiger partial charge in [-0.25, -0.2) is 4.79 Å². The number of esters is 1. The number of hydrogen-bond acceptors (Lipinski definition) is 6. The third-order valence-electron chi connectivity index (χ3n) is 4.24. The van der Waals surface area contributed by atoms with Crippen molar-refractivity contribution >= 4 is 34.6 Å². The van der Waals surface area contributed by atoms with Crippen molar-refractivity contribution in [2.75, 3.05) is 36.7 Å². The zero-order valence-corrected chi connectivity index (χ0v) is 16.5. The normalized spacial score (nSPS) is 10.2. The Labute approximate surface area is 169 Å². The molecule has 0 saturated heterocycles. The summed E-state index contributed by atoms with van der Waals surface area (Å²) in [7, 11) is 5.29. The molecule has 0 spiro atoms. The van der Waals surface area contributed by atoms with Crippen LogP contribution in [0.2, 0.25) is 0 Å². The Bertz CT molecular complexity index is 999. The number of aromatic nitrogens is 1. The van der Waals surface area contributed by atoms with Gasteiger partial charge in [0, 0.05) is 37.4 Å². The van der Waals surface area contributed by atoms with Gasteiger partial charge in [-0.3, -0.25) is 9.78 Å². The highest BCUT2D eigenvalue weighted by Crippen LogP contribution is 2.21. The zero-order chi connectivity index (χ0) is 20.8. The van der Waals surface area contributed by atoms with Gasteiger partial charge in [-0.15, -0.1) is 0 Å². The molecule has 29 heavy (non-hydrogen) atoms. The van der Waals surface area contributed by atoms with Gasteiger partial charge in [0.05, 0.1) is 30.1 Å². The van der Waals surface area contributed by atoms with Crippen LogP contribution in [0.3, 0.4) is 0 Å². The van der Waals surface area contributed by atoms with Crippen molar-refractivity contribution in [3.63, 3.8) is 0 Å². The van der Waals surface area contributed by atoms with Crippen molar-refractivity contribution in [1.82, 2.24) is 4.98 Å². The molecular weight excluding hydrogens is 368 g/mol. The van der Waals surface area contributed by atoms with E-state index in [-0.39, 0.29) is 5.91 Å². The number of rotatable bonds is 6. The lowest BCUT2D eigenvalue weighted by Crippen LogP contribution is -2.12. The predicted molar refractivity (Wildman–Crippen MR) is 114 cm³/mol. The lowest BCUT2D eigenvalue weighted by molar-refractivity contribution is 0.0600. The van der Waals surface area contributed by atoms with E-state index in [9.17, 15) is 9.59 Å². The summed E-state index contributed by atoms with van der Waals surface area (Å²) in [5, 5.41) is 6.03. The van der Waals surface area contributed by atoms with Gasteiger partial charge in [0.2, 0.25) is 0 Å². The van der Waals surface area contributed by atoms with Crippen molar-refractivity contribution in [1.29, 1.82) is 0 Å². The molecule has 0 saturated carbocycles. The fourth-order valence-corrected chi connectivity index (χ4v) is 2.65. The minimum absolute atomic E-state index is 0.296. The molecule has 3 aromatic rings. The first kappa shape index (κ1) is 19.9. The van der Waals surface area contributed by atoms with Crippen LogP contribution in [0.15, 0.2) is 67.0 Å². The number of anilines is 4. The number of methoxy groups -OCH3 is 1. The van der Waals surface area contributed by atoms with Crippen LogP contribution in [0, 0.1) is 0 Å². The van der Waals surface area contributed by atoms with Gasteiger partial charge in [0.1, 0.15) is 0 Å². The summed E-state index contributed by atoms with van der Waals surface area (Å²) < 4.78 is 4.66. The molecule has 7 heteroatoms. The largest absolute Gasteiger partial charge is 0.465 e. The molecule has 0 unspecified atom stereocenters. The van der Waals surface area contributed by atoms with Gasteiger partial charge in [-0.1, -0.05) is 0 Å². The molecule has 7 nitrogen and oxygen atoms in total. The van der Waals surface area contributed by atoms with Crippen molar-refractivity contribution in [3.8, 4) is 0 Å². The van der Waals surface area contributed by atoms with Crippen LogP contribution in [-0.4, -0.2) is 38.1 Å². The van der Waals surface area contributed by atoms with E-state index in [4.69, 9.17) is 0 Å². The topological polar surface area (TPSA) is 83.6 Å². The summed E-state index contributed by atoms with van der Waals surface area (Å²) in [6.45, 7) is 0. The monoisotopic (exact) mass is 390 g/mol. The fraction of sp³-hybridized carbons (Fsp3) is 0.136. The van der Waals surface area contributed by atoms with E-state index in [1.807, 2.05) is 43.3 Å². The van der Waals surface area contributed by atoms with Crippen LogP contribution in [0.1, 0.15) is 20.7 Å². The second kappa shape index (κ2) is 8.88. The Morgan fingerprint density at radius 1 is 0.862 bits per heavy atom. The highest BCUT2D eigenvalue weighted by Gasteiger charge is 2.10. The molecule has 0 fully saturated rings. The third-order valence-corrected chi connectivity index (χ3v) is 4.24. The summed E-state index contributed by atoms with van der Waals surface area (Å²) in [5.41, 5.74) is 4.10. The summed E-state index contributed by atoms with van der Waals surface area (Å²) >= 11 is 0. The maximum Gasteiger partial charge on any atom is 0.337 e. The smallest absolute Gasteiger partial charge is 0.337 e. The maximum absolute atomic E-state index is 12.5. The predicted octanol–water partition coefficient (Wildman–Crippen LogP) is 3.93. The van der Waals surface area contributed by atoms with Crippen LogP contribution >= 0.6 is 0 Å². The van der Waals surface area contributed by atoms with E-state index in [0.29, 0.717) is 22.5 Å². The molecule has 0 aliphatic heterocycles. The molecule has 148 valence electrons. The van der Waals surface area contributed by atoms with Crippen LogP contribution in [0.5, 0.6) is 0 Å². The quantitative estimate of drug-likeness (QED) is 0.621. The first-order valence-corrected chi connectivity index (χ1v) is 8.95. The van der Waals surface area contributed by atoms with Crippen LogP contribution in [0.25, 0.3) is 0 Å². The van der Waals surface area contributed by atoms with E-state index in [1.54, 1.807) is 36.5 Å². The Kier molecular flexibility index (Phi) is 6.09. The lowest BCUT2D eigenvalue weighted by Gasteiger charge is -2.13. The highest BCUT2D eigenvalue weighted by molar-refractivity contribution is 6.04. The zero-order valence-electron chi connectivity index (χ0n) is 16.5. The summed E-state index contributed by atoms with van der Waals surface area (Å²) in [4.78, 5) is 30.2. The molecule has 1 aromatic heterocycles. The number of pyridine rings is 1. The van der Waals surface area contributed by atoms with Crippen molar-refractivity contribution in [2.24, 2.45) is 0 Å². The van der Waals surface area contributed by atoms with Gasteiger partial charge >= 0.3 is 5.97 Å². The molecule has 0 aliphatic rings. The van der Waals surface area contributed by atoms with E-state index < -0.39 is 5.97 Å². The number of ether oxygens (including phenoxy) is 1. The second-order valence-corrected chi connectivity index (χ2v) is 6.55.